The van der Waals surface area contributed by atoms with E-state index >= 15 is 0 Å². The van der Waals surface area contributed by atoms with Gasteiger partial charge in [-0.2, -0.15) is 0 Å². The minimum Gasteiger partial charge on any atom is -0.358 e. The van der Waals surface area contributed by atoms with Crippen LogP contribution < -0.4 is 10.6 Å². The molecule has 5 rings (SSSR count). The molecule has 174 valence electrons. The molecule has 3 aromatic rings. The average Bonchev–Trinajstić information content (AvgIpc) is 3.32. The topological polar surface area (TPSA) is 77.2 Å². The number of hydrogen-bond acceptors (Lipinski definition) is 3. The lowest BCUT2D eigenvalue weighted by Crippen LogP contribution is -2.55. The Labute approximate surface area is 197 Å². The number of H-pyrrole nitrogens is 1. The number of halogens is 1. The number of rotatable bonds is 3. The molecule has 6 nitrogen and oxygen atoms in total. The summed E-state index contributed by atoms with van der Waals surface area (Å²) in [5.41, 5.74) is 4.62. The monoisotopic (exact) mass is 458 g/mol. The molecule has 1 aromatic heterocycles. The SMILES string of the molecule is Cc1cc(C(=O)N2CC(C)NC(C)C2)c(C=C2C(=O)Nc3cccc(-c4ccccc4F)c32)[nH]1. The highest BCUT2D eigenvalue weighted by Crippen LogP contribution is 2.41. The van der Waals surface area contributed by atoms with E-state index in [1.807, 2.05) is 17.9 Å². The van der Waals surface area contributed by atoms with Gasteiger partial charge in [0.25, 0.3) is 11.8 Å². The van der Waals surface area contributed by atoms with Gasteiger partial charge in [0.1, 0.15) is 5.82 Å². The summed E-state index contributed by atoms with van der Waals surface area (Å²) in [5.74, 6) is -0.714. The van der Waals surface area contributed by atoms with E-state index in [1.54, 1.807) is 42.5 Å². The van der Waals surface area contributed by atoms with E-state index in [9.17, 15) is 14.0 Å². The zero-order valence-corrected chi connectivity index (χ0v) is 19.4. The van der Waals surface area contributed by atoms with E-state index in [0.717, 1.165) is 5.69 Å². The molecule has 0 bridgehead atoms. The van der Waals surface area contributed by atoms with Gasteiger partial charge in [0.05, 0.1) is 16.8 Å². The van der Waals surface area contributed by atoms with Gasteiger partial charge in [-0.1, -0.05) is 30.3 Å². The maximum absolute atomic E-state index is 14.7. The Kier molecular flexibility index (Phi) is 5.57. The van der Waals surface area contributed by atoms with Crippen LogP contribution in [-0.4, -0.2) is 46.9 Å². The largest absolute Gasteiger partial charge is 0.358 e. The molecule has 3 heterocycles. The number of hydrogen-bond donors (Lipinski definition) is 3. The second-order valence-corrected chi connectivity index (χ2v) is 9.18. The predicted molar refractivity (Wildman–Crippen MR) is 132 cm³/mol. The molecule has 34 heavy (non-hydrogen) atoms. The van der Waals surface area contributed by atoms with E-state index < -0.39 is 0 Å². The van der Waals surface area contributed by atoms with Gasteiger partial charge in [-0.25, -0.2) is 4.39 Å². The molecule has 0 saturated carbocycles. The van der Waals surface area contributed by atoms with Crippen LogP contribution in [0.15, 0.2) is 48.5 Å². The summed E-state index contributed by atoms with van der Waals surface area (Å²) >= 11 is 0. The Morgan fingerprint density at radius 1 is 1.06 bits per heavy atom. The minimum atomic E-state index is -0.358. The number of benzene rings is 2. The van der Waals surface area contributed by atoms with E-state index in [2.05, 4.69) is 29.5 Å². The van der Waals surface area contributed by atoms with Gasteiger partial charge in [-0.05, 0) is 50.6 Å². The molecular weight excluding hydrogens is 431 g/mol. The Bertz CT molecular complexity index is 1320. The van der Waals surface area contributed by atoms with Gasteiger partial charge in [-0.15, -0.1) is 0 Å². The van der Waals surface area contributed by atoms with E-state index in [4.69, 9.17) is 0 Å². The molecule has 7 heteroatoms. The van der Waals surface area contributed by atoms with Crippen molar-refractivity contribution in [1.29, 1.82) is 0 Å². The number of aromatic amines is 1. The summed E-state index contributed by atoms with van der Waals surface area (Å²) in [4.78, 5) is 31.5. The van der Waals surface area contributed by atoms with Crippen molar-refractivity contribution in [2.75, 3.05) is 18.4 Å². The third-order valence-electron chi connectivity index (χ3n) is 6.34. The predicted octanol–water partition coefficient (Wildman–Crippen LogP) is 4.44. The number of carbonyl (C=O) groups is 2. The summed E-state index contributed by atoms with van der Waals surface area (Å²) in [5, 5.41) is 6.32. The first-order valence-corrected chi connectivity index (χ1v) is 11.5. The maximum atomic E-state index is 14.7. The number of aryl methyl sites for hydroxylation is 1. The number of carbonyl (C=O) groups excluding carboxylic acids is 2. The van der Waals surface area contributed by atoms with Gasteiger partial charge in [0.2, 0.25) is 0 Å². The lowest BCUT2D eigenvalue weighted by atomic mass is 9.94. The normalized spacial score (nSPS) is 21.0. The molecule has 2 aromatic carbocycles. The van der Waals surface area contributed by atoms with Crippen LogP contribution in [0.2, 0.25) is 0 Å². The average molecular weight is 459 g/mol. The summed E-state index contributed by atoms with van der Waals surface area (Å²) in [6, 6.07) is 14.1. The third-order valence-corrected chi connectivity index (χ3v) is 6.34. The van der Waals surface area contributed by atoms with Crippen LogP contribution in [0.5, 0.6) is 0 Å². The van der Waals surface area contributed by atoms with Crippen LogP contribution in [0, 0.1) is 12.7 Å². The third kappa shape index (κ3) is 3.92. The van der Waals surface area contributed by atoms with Crippen molar-refractivity contribution in [1.82, 2.24) is 15.2 Å². The molecule has 0 aliphatic carbocycles. The van der Waals surface area contributed by atoms with Gasteiger partial charge >= 0.3 is 0 Å². The van der Waals surface area contributed by atoms with Gasteiger partial charge in [-0.3, -0.25) is 9.59 Å². The van der Waals surface area contributed by atoms with Gasteiger partial charge in [0, 0.05) is 47.7 Å². The molecule has 2 unspecified atom stereocenters. The molecular formula is C27H27FN4O2. The summed E-state index contributed by atoms with van der Waals surface area (Å²) < 4.78 is 14.7. The summed E-state index contributed by atoms with van der Waals surface area (Å²) in [7, 11) is 0. The van der Waals surface area contributed by atoms with Crippen LogP contribution in [0.1, 0.15) is 41.2 Å². The van der Waals surface area contributed by atoms with Gasteiger partial charge in [0.15, 0.2) is 0 Å². The Hall–Kier alpha value is -3.71. The van der Waals surface area contributed by atoms with Crippen LogP contribution in [0.3, 0.4) is 0 Å². The summed E-state index contributed by atoms with van der Waals surface area (Å²) in [6.07, 6.45) is 1.71. The number of nitrogens with one attached hydrogen (secondary N) is 3. The molecule has 1 fully saturated rings. The quantitative estimate of drug-likeness (QED) is 0.508. The van der Waals surface area contributed by atoms with Crippen LogP contribution in [0.4, 0.5) is 10.1 Å². The van der Waals surface area contributed by atoms with Crippen molar-refractivity contribution in [3.63, 3.8) is 0 Å². The fourth-order valence-corrected chi connectivity index (χ4v) is 5.00. The van der Waals surface area contributed by atoms with Crippen LogP contribution >= 0.6 is 0 Å². The minimum absolute atomic E-state index is 0.0718. The molecule has 2 aliphatic rings. The Morgan fingerprint density at radius 3 is 2.50 bits per heavy atom. The summed E-state index contributed by atoms with van der Waals surface area (Å²) in [6.45, 7) is 7.24. The zero-order valence-electron chi connectivity index (χ0n) is 19.4. The van der Waals surface area contributed by atoms with Crippen molar-refractivity contribution in [2.45, 2.75) is 32.9 Å². The zero-order chi connectivity index (χ0) is 24.0. The van der Waals surface area contributed by atoms with Crippen molar-refractivity contribution < 1.29 is 14.0 Å². The van der Waals surface area contributed by atoms with Crippen molar-refractivity contribution in [3.05, 3.63) is 76.9 Å². The Morgan fingerprint density at radius 2 is 1.76 bits per heavy atom. The second kappa shape index (κ2) is 8.57. The molecule has 1 saturated heterocycles. The lowest BCUT2D eigenvalue weighted by Gasteiger charge is -2.36. The molecule has 3 N–H and O–H groups in total. The van der Waals surface area contributed by atoms with Crippen molar-refractivity contribution >= 4 is 29.2 Å². The van der Waals surface area contributed by atoms with Crippen molar-refractivity contribution in [3.8, 4) is 11.1 Å². The fraction of sp³-hybridized carbons (Fsp3) is 0.259. The van der Waals surface area contributed by atoms with Crippen molar-refractivity contribution in [2.24, 2.45) is 0 Å². The standard InChI is InChI=1S/C27H27FN4O2/c1-15-11-20(27(34)32-13-16(2)29-17(3)14-32)24(30-15)12-21-25-19(18-7-4-5-9-22(18)28)8-6-10-23(25)31-26(21)33/h4-12,16-17,29-30H,13-14H2,1-3H3,(H,31,33). The lowest BCUT2D eigenvalue weighted by molar-refractivity contribution is -0.110. The number of anilines is 1. The van der Waals surface area contributed by atoms with Crippen LogP contribution in [0.25, 0.3) is 22.8 Å². The smallest absolute Gasteiger partial charge is 0.256 e. The molecule has 2 amide bonds. The molecule has 0 radical (unpaired) electrons. The maximum Gasteiger partial charge on any atom is 0.256 e. The van der Waals surface area contributed by atoms with Gasteiger partial charge < -0.3 is 20.5 Å². The highest BCUT2D eigenvalue weighted by molar-refractivity contribution is 6.36. The number of nitrogens with zero attached hydrogens (tertiary/aromatic N) is 1. The van der Waals surface area contributed by atoms with E-state index in [0.29, 0.717) is 52.3 Å². The molecule has 0 spiro atoms. The number of piperazine rings is 1. The first-order chi connectivity index (χ1) is 16.3. The first-order valence-electron chi connectivity index (χ1n) is 11.5. The molecule has 2 aliphatic heterocycles. The van der Waals surface area contributed by atoms with E-state index in [1.165, 1.54) is 6.07 Å². The highest BCUT2D eigenvalue weighted by Gasteiger charge is 2.31. The Balaban J connectivity index is 1.59. The number of aromatic nitrogens is 1. The number of amides is 2. The van der Waals surface area contributed by atoms with Crippen LogP contribution in [-0.2, 0) is 4.79 Å². The number of fused-ring (bicyclic) bond motifs is 1. The molecule has 2 atom stereocenters. The van der Waals surface area contributed by atoms with E-state index in [-0.39, 0.29) is 29.7 Å². The first kappa shape index (κ1) is 22.1. The fourth-order valence-electron chi connectivity index (χ4n) is 5.00. The second-order valence-electron chi connectivity index (χ2n) is 9.18. The highest BCUT2D eigenvalue weighted by atomic mass is 19.1.